The third-order valence-electron chi connectivity index (χ3n) is 3.48. The Morgan fingerprint density at radius 2 is 1.95 bits per heavy atom. The van der Waals surface area contributed by atoms with Crippen molar-refractivity contribution in [3.63, 3.8) is 0 Å². The van der Waals surface area contributed by atoms with Crippen molar-refractivity contribution in [2.24, 2.45) is 0 Å². The number of alkyl halides is 1. The van der Waals surface area contributed by atoms with Gasteiger partial charge in [0.2, 0.25) is 0 Å². The molecule has 0 aliphatic carbocycles. The molecule has 1 aliphatic heterocycles. The Bertz CT molecular complexity index is 651. The fourth-order valence-corrected chi connectivity index (χ4v) is 2.62. The van der Waals surface area contributed by atoms with Crippen molar-refractivity contribution in [2.45, 2.75) is 31.2 Å². The second-order valence-electron chi connectivity index (χ2n) is 5.61. The minimum atomic E-state index is -0.276. The third kappa shape index (κ3) is 2.47. The van der Waals surface area contributed by atoms with E-state index in [0.717, 1.165) is 28.1 Å². The van der Waals surface area contributed by atoms with Gasteiger partial charge in [-0.2, -0.15) is 0 Å². The predicted octanol–water partition coefficient (Wildman–Crippen LogP) is 4.42. The number of aryl methyl sites for hydroxylation is 1. The first-order valence-electron chi connectivity index (χ1n) is 6.62. The summed E-state index contributed by atoms with van der Waals surface area (Å²) in [6, 6.07) is 10.3. The Kier molecular flexibility index (Phi) is 3.33. The second-order valence-corrected chi connectivity index (χ2v) is 6.52. The van der Waals surface area contributed by atoms with E-state index in [0.29, 0.717) is 0 Å². The molecule has 1 aromatic carbocycles. The summed E-state index contributed by atoms with van der Waals surface area (Å²) in [7, 11) is 0. The van der Waals surface area contributed by atoms with Crippen LogP contribution in [0.5, 0.6) is 5.75 Å². The van der Waals surface area contributed by atoms with Crippen LogP contribution in [-0.2, 0) is 0 Å². The first-order valence-corrected chi connectivity index (χ1v) is 7.54. The van der Waals surface area contributed by atoms with Crippen LogP contribution >= 0.6 is 15.9 Å². The Morgan fingerprint density at radius 1 is 1.20 bits per heavy atom. The highest BCUT2D eigenvalue weighted by Gasteiger charge is 2.35. The molecule has 0 saturated heterocycles. The summed E-state index contributed by atoms with van der Waals surface area (Å²) >= 11 is 3.63. The lowest BCUT2D eigenvalue weighted by atomic mass is 9.92. The zero-order chi connectivity index (χ0) is 14.3. The lowest BCUT2D eigenvalue weighted by Gasteiger charge is -2.36. The number of ether oxygens (including phenoxy) is 1. The van der Waals surface area contributed by atoms with Gasteiger partial charge in [0.25, 0.3) is 0 Å². The quantitative estimate of drug-likeness (QED) is 0.722. The van der Waals surface area contributed by atoms with Gasteiger partial charge >= 0.3 is 0 Å². The van der Waals surface area contributed by atoms with E-state index >= 15 is 0 Å². The van der Waals surface area contributed by atoms with Crippen LogP contribution in [0.2, 0.25) is 0 Å². The number of hydrogen-bond donors (Lipinski definition) is 0. The second kappa shape index (κ2) is 4.88. The van der Waals surface area contributed by atoms with E-state index in [1.807, 2.05) is 25.3 Å². The number of rotatable bonds is 1. The average molecular weight is 330 g/mol. The van der Waals surface area contributed by atoms with Crippen molar-refractivity contribution in [1.29, 1.82) is 0 Å². The smallest absolute Gasteiger partial charge is 0.124 e. The van der Waals surface area contributed by atoms with Crippen LogP contribution in [0.25, 0.3) is 11.1 Å². The number of benzene rings is 1. The first-order chi connectivity index (χ1) is 9.45. The van der Waals surface area contributed by atoms with E-state index < -0.39 is 0 Å². The molecule has 2 aromatic rings. The summed E-state index contributed by atoms with van der Waals surface area (Å²) in [6.07, 6.45) is 5.29. The summed E-state index contributed by atoms with van der Waals surface area (Å²) in [6.45, 7) is 6.12. The Hall–Kier alpha value is -1.35. The Morgan fingerprint density at radius 3 is 2.70 bits per heavy atom. The molecule has 1 atom stereocenters. The van der Waals surface area contributed by atoms with E-state index in [2.05, 4.69) is 59.4 Å². The maximum atomic E-state index is 6.02. The van der Waals surface area contributed by atoms with Gasteiger partial charge in [0.05, 0.1) is 4.83 Å². The standard InChI is InChI=1S/C17H16BrNO/c1-11-8-13(6-7-19-11)12-4-5-15-14(9-12)10-16(18)17(2,3)20-15/h4-9,16H,1-3H3. The molecular formula is C17H16BrNO. The molecule has 1 aromatic heterocycles. The molecule has 20 heavy (non-hydrogen) atoms. The summed E-state index contributed by atoms with van der Waals surface area (Å²) < 4.78 is 6.02. The summed E-state index contributed by atoms with van der Waals surface area (Å²) in [4.78, 5) is 4.32. The molecule has 1 aliphatic rings. The molecule has 2 radical (unpaired) electrons. The van der Waals surface area contributed by atoms with Gasteiger partial charge in [-0.1, -0.05) is 22.0 Å². The Labute approximate surface area is 128 Å². The SMILES string of the molecule is Cc1cc(-c2ccc3c(c2)[C]C(Br)C(C)(C)O3)ccn1. The van der Waals surface area contributed by atoms with Crippen LogP contribution in [0.3, 0.4) is 0 Å². The fourth-order valence-electron chi connectivity index (χ4n) is 2.28. The molecule has 2 heterocycles. The molecule has 3 heteroatoms. The maximum absolute atomic E-state index is 6.02. The molecule has 0 amide bonds. The number of halogens is 1. The largest absolute Gasteiger partial charge is 0.486 e. The molecule has 3 rings (SSSR count). The monoisotopic (exact) mass is 329 g/mol. The molecule has 0 N–H and O–H groups in total. The number of nitrogens with zero attached hydrogens (tertiary/aromatic N) is 1. The van der Waals surface area contributed by atoms with Gasteiger partial charge in [-0.15, -0.1) is 0 Å². The molecule has 0 spiro atoms. The van der Waals surface area contributed by atoms with E-state index in [1.54, 1.807) is 0 Å². The van der Waals surface area contributed by atoms with Crippen LogP contribution in [0.4, 0.5) is 0 Å². The summed E-state index contributed by atoms with van der Waals surface area (Å²) in [5.74, 6) is 0.889. The zero-order valence-electron chi connectivity index (χ0n) is 11.8. The van der Waals surface area contributed by atoms with E-state index in [4.69, 9.17) is 4.74 Å². The van der Waals surface area contributed by atoms with Crippen LogP contribution in [0.1, 0.15) is 25.1 Å². The summed E-state index contributed by atoms with van der Waals surface area (Å²) in [5.41, 5.74) is 4.08. The minimum Gasteiger partial charge on any atom is -0.486 e. The van der Waals surface area contributed by atoms with Crippen LogP contribution in [-0.4, -0.2) is 15.4 Å². The topological polar surface area (TPSA) is 22.1 Å². The predicted molar refractivity (Wildman–Crippen MR) is 84.2 cm³/mol. The number of fused-ring (bicyclic) bond motifs is 1. The lowest BCUT2D eigenvalue weighted by Crippen LogP contribution is -2.41. The number of pyridine rings is 1. The van der Waals surface area contributed by atoms with Gasteiger partial charge in [-0.05, 0) is 56.2 Å². The molecular weight excluding hydrogens is 314 g/mol. The van der Waals surface area contributed by atoms with Crippen molar-refractivity contribution in [3.05, 3.63) is 54.2 Å². The molecule has 2 nitrogen and oxygen atoms in total. The minimum absolute atomic E-state index is 0.0805. The highest BCUT2D eigenvalue weighted by atomic mass is 79.9. The molecule has 0 bridgehead atoms. The Balaban J connectivity index is 2.01. The van der Waals surface area contributed by atoms with Crippen molar-refractivity contribution in [3.8, 4) is 16.9 Å². The zero-order valence-corrected chi connectivity index (χ0v) is 13.4. The highest BCUT2D eigenvalue weighted by Crippen LogP contribution is 2.39. The third-order valence-corrected chi connectivity index (χ3v) is 4.81. The van der Waals surface area contributed by atoms with Gasteiger partial charge < -0.3 is 4.74 Å². The molecule has 0 saturated carbocycles. The van der Waals surface area contributed by atoms with Crippen molar-refractivity contribution < 1.29 is 4.74 Å². The molecule has 102 valence electrons. The van der Waals surface area contributed by atoms with Gasteiger partial charge in [0.15, 0.2) is 0 Å². The van der Waals surface area contributed by atoms with Crippen LogP contribution < -0.4 is 4.74 Å². The van der Waals surface area contributed by atoms with Crippen molar-refractivity contribution in [2.75, 3.05) is 0 Å². The van der Waals surface area contributed by atoms with Gasteiger partial charge in [-0.3, -0.25) is 4.98 Å². The molecule has 0 fully saturated rings. The summed E-state index contributed by atoms with van der Waals surface area (Å²) in [5, 5.41) is 0. The van der Waals surface area contributed by atoms with Crippen LogP contribution in [0, 0.1) is 13.3 Å². The highest BCUT2D eigenvalue weighted by molar-refractivity contribution is 9.09. The number of hydrogen-bond acceptors (Lipinski definition) is 2. The maximum Gasteiger partial charge on any atom is 0.124 e. The van der Waals surface area contributed by atoms with Crippen LogP contribution in [0.15, 0.2) is 36.5 Å². The van der Waals surface area contributed by atoms with E-state index in [1.165, 1.54) is 0 Å². The van der Waals surface area contributed by atoms with Gasteiger partial charge in [-0.25, -0.2) is 0 Å². The van der Waals surface area contributed by atoms with Crippen molar-refractivity contribution >= 4 is 15.9 Å². The first kappa shape index (κ1) is 13.6. The van der Waals surface area contributed by atoms with E-state index in [-0.39, 0.29) is 10.4 Å². The van der Waals surface area contributed by atoms with E-state index in [9.17, 15) is 0 Å². The normalized spacial score (nSPS) is 20.1. The number of aromatic nitrogens is 1. The lowest BCUT2D eigenvalue weighted by molar-refractivity contribution is 0.107. The van der Waals surface area contributed by atoms with Gasteiger partial charge in [0, 0.05) is 23.9 Å². The van der Waals surface area contributed by atoms with Gasteiger partial charge in [0.1, 0.15) is 11.4 Å². The van der Waals surface area contributed by atoms with Crippen molar-refractivity contribution in [1.82, 2.24) is 4.98 Å². The average Bonchev–Trinajstić information content (AvgIpc) is 2.39. The fraction of sp³-hybridized carbons (Fsp3) is 0.294. The molecule has 1 unspecified atom stereocenters.